The highest BCUT2D eigenvalue weighted by Gasteiger charge is 2.69. The standard InChI is InChI=1S/C28H27N3O7/c1-31(2)22-17-12-14-11-16-13(6-8-15-5-3-4-10-30-15)7-9-18(32)20(16)23(33)19(14)25(35)28(17,38)26(36)21(24(22)34)27(29)37/h3-10,14,17,19,21-22,32,38H,11-12H2,1-2H3,(H2,29,37)/b8-6+/t14-,17-,19?,21?,22-,28-/m1/s1. The van der Waals surface area contributed by atoms with E-state index in [1.165, 1.54) is 11.0 Å². The van der Waals surface area contributed by atoms with Gasteiger partial charge in [-0.3, -0.25) is 33.9 Å². The number of fused-ring (bicyclic) bond motifs is 3. The maximum Gasteiger partial charge on any atom is 0.235 e. The number of phenolic OH excluding ortho intramolecular Hbond substituents is 1. The molecule has 0 saturated heterocycles. The third kappa shape index (κ3) is 3.63. The molecule has 3 aliphatic rings. The summed E-state index contributed by atoms with van der Waals surface area (Å²) < 4.78 is 0. The number of carbonyl (C=O) groups excluding carboxylic acids is 5. The number of likely N-dealkylation sites (N-methyl/N-ethyl adjacent to an activating group) is 1. The van der Waals surface area contributed by atoms with Crippen molar-refractivity contribution in [3.63, 3.8) is 0 Å². The van der Waals surface area contributed by atoms with Crippen LogP contribution >= 0.6 is 0 Å². The number of nitrogens with zero attached hydrogens (tertiary/aromatic N) is 2. The number of aromatic hydroxyl groups is 1. The SMILES string of the molecule is CN(C)[C@H]1C(=O)C(C(N)=O)C(=O)[C@]2(O)C(=O)C3C(=O)c4c(O)ccc(/C=C/c5ccccn5)c4C[C@@H]3C[C@H]12. The monoisotopic (exact) mass is 517 g/mol. The van der Waals surface area contributed by atoms with Crippen molar-refractivity contribution in [1.82, 2.24) is 9.88 Å². The molecule has 4 N–H and O–H groups in total. The van der Waals surface area contributed by atoms with Crippen molar-refractivity contribution in [2.45, 2.75) is 24.5 Å². The molecule has 1 amide bonds. The summed E-state index contributed by atoms with van der Waals surface area (Å²) in [6.07, 6.45) is 5.37. The van der Waals surface area contributed by atoms with E-state index in [1.807, 2.05) is 12.1 Å². The highest BCUT2D eigenvalue weighted by molar-refractivity contribution is 6.32. The van der Waals surface area contributed by atoms with Crippen molar-refractivity contribution in [1.29, 1.82) is 0 Å². The van der Waals surface area contributed by atoms with Gasteiger partial charge in [0.25, 0.3) is 0 Å². The minimum absolute atomic E-state index is 0.00292. The minimum atomic E-state index is -2.73. The second-order valence-corrected chi connectivity index (χ2v) is 10.4. The van der Waals surface area contributed by atoms with Crippen LogP contribution in [0.5, 0.6) is 5.75 Å². The van der Waals surface area contributed by atoms with Gasteiger partial charge in [0.05, 0.1) is 23.2 Å². The number of amides is 1. The van der Waals surface area contributed by atoms with Crippen molar-refractivity contribution in [2.75, 3.05) is 14.1 Å². The Balaban J connectivity index is 1.60. The smallest absolute Gasteiger partial charge is 0.235 e. The van der Waals surface area contributed by atoms with Gasteiger partial charge in [0.2, 0.25) is 5.91 Å². The molecule has 6 atom stereocenters. The summed E-state index contributed by atoms with van der Waals surface area (Å²) >= 11 is 0. The number of hydrogen-bond donors (Lipinski definition) is 3. The topological polar surface area (TPSA) is 168 Å². The zero-order valence-electron chi connectivity index (χ0n) is 20.8. The molecule has 2 fully saturated rings. The maximum atomic E-state index is 13.8. The highest BCUT2D eigenvalue weighted by Crippen LogP contribution is 2.51. The second-order valence-electron chi connectivity index (χ2n) is 10.4. The van der Waals surface area contributed by atoms with Gasteiger partial charge in [-0.15, -0.1) is 0 Å². The lowest BCUT2D eigenvalue weighted by Crippen LogP contribution is -2.74. The minimum Gasteiger partial charge on any atom is -0.507 e. The molecule has 5 rings (SSSR count). The van der Waals surface area contributed by atoms with E-state index in [0.29, 0.717) is 16.8 Å². The molecule has 10 nitrogen and oxygen atoms in total. The van der Waals surface area contributed by atoms with Crippen molar-refractivity contribution >= 4 is 41.2 Å². The predicted molar refractivity (Wildman–Crippen MR) is 135 cm³/mol. The maximum absolute atomic E-state index is 13.8. The first kappa shape index (κ1) is 25.6. The molecule has 38 heavy (non-hydrogen) atoms. The van der Waals surface area contributed by atoms with E-state index in [0.717, 1.165) is 0 Å². The number of benzene rings is 1. The number of aliphatic hydroxyl groups is 1. The van der Waals surface area contributed by atoms with Gasteiger partial charge in [-0.05, 0) is 68.3 Å². The number of hydrogen-bond acceptors (Lipinski definition) is 9. The fourth-order valence-electron chi connectivity index (χ4n) is 6.43. The zero-order chi connectivity index (χ0) is 27.5. The Labute approximate surface area is 218 Å². The average molecular weight is 518 g/mol. The summed E-state index contributed by atoms with van der Waals surface area (Å²) in [5, 5.41) is 22.2. The van der Waals surface area contributed by atoms with Gasteiger partial charge in [0.15, 0.2) is 34.7 Å². The Morgan fingerprint density at radius 3 is 2.47 bits per heavy atom. The molecule has 2 aromatic rings. The normalized spacial score (nSPS) is 30.8. The van der Waals surface area contributed by atoms with Gasteiger partial charge in [0, 0.05) is 12.1 Å². The van der Waals surface area contributed by atoms with Gasteiger partial charge < -0.3 is 15.9 Å². The molecule has 196 valence electrons. The van der Waals surface area contributed by atoms with E-state index in [9.17, 15) is 34.2 Å². The van der Waals surface area contributed by atoms with Crippen LogP contribution in [0.4, 0.5) is 0 Å². The molecule has 2 unspecified atom stereocenters. The molecule has 2 saturated carbocycles. The summed E-state index contributed by atoms with van der Waals surface area (Å²) in [4.78, 5) is 71.8. The Bertz CT molecular complexity index is 1420. The summed E-state index contributed by atoms with van der Waals surface area (Å²) in [6, 6.07) is 7.31. The first-order valence-corrected chi connectivity index (χ1v) is 12.3. The van der Waals surface area contributed by atoms with Gasteiger partial charge >= 0.3 is 0 Å². The second kappa shape index (κ2) is 9.07. The molecule has 0 spiro atoms. The van der Waals surface area contributed by atoms with E-state index in [-0.39, 0.29) is 24.2 Å². The average Bonchev–Trinajstić information content (AvgIpc) is 2.86. The van der Waals surface area contributed by atoms with Crippen LogP contribution in [0.25, 0.3) is 12.2 Å². The number of aromatic nitrogens is 1. The van der Waals surface area contributed by atoms with Crippen molar-refractivity contribution in [2.24, 2.45) is 29.4 Å². The summed E-state index contributed by atoms with van der Waals surface area (Å²) in [7, 11) is 3.10. The zero-order valence-corrected chi connectivity index (χ0v) is 20.8. The van der Waals surface area contributed by atoms with Gasteiger partial charge in [-0.2, -0.15) is 0 Å². The lowest BCUT2D eigenvalue weighted by atomic mass is 9.52. The van der Waals surface area contributed by atoms with Crippen molar-refractivity contribution in [3.8, 4) is 5.75 Å². The van der Waals surface area contributed by atoms with Crippen LogP contribution in [0.1, 0.15) is 33.6 Å². The fraction of sp³-hybridized carbons (Fsp3) is 0.357. The Kier molecular flexibility index (Phi) is 6.12. The Hall–Kier alpha value is -4.02. The first-order chi connectivity index (χ1) is 18.0. The molecule has 0 radical (unpaired) electrons. The molecular weight excluding hydrogens is 490 g/mol. The third-order valence-electron chi connectivity index (χ3n) is 8.10. The number of primary amides is 1. The van der Waals surface area contributed by atoms with Crippen molar-refractivity contribution in [3.05, 3.63) is 58.9 Å². The first-order valence-electron chi connectivity index (χ1n) is 12.3. The molecular formula is C28H27N3O7. The predicted octanol–water partition coefficient (Wildman–Crippen LogP) is 0.432. The number of Topliss-reactive ketones (excluding diaryl/α,β-unsaturated/α-hetero) is 4. The molecule has 0 aliphatic heterocycles. The fourth-order valence-corrected chi connectivity index (χ4v) is 6.43. The van der Waals surface area contributed by atoms with E-state index in [1.54, 1.807) is 44.6 Å². The molecule has 0 bridgehead atoms. The van der Waals surface area contributed by atoms with E-state index in [4.69, 9.17) is 5.73 Å². The number of nitrogens with two attached hydrogens (primary N) is 1. The molecule has 3 aliphatic carbocycles. The van der Waals surface area contributed by atoms with Gasteiger partial charge in [-0.1, -0.05) is 18.2 Å². The van der Waals surface area contributed by atoms with E-state index >= 15 is 0 Å². The molecule has 1 aromatic heterocycles. The Morgan fingerprint density at radius 2 is 1.84 bits per heavy atom. The van der Waals surface area contributed by atoms with Crippen LogP contribution in [-0.2, 0) is 25.6 Å². The van der Waals surface area contributed by atoms with E-state index < -0.39 is 64.4 Å². The quantitative estimate of drug-likeness (QED) is 0.487. The number of ketones is 4. The summed E-state index contributed by atoms with van der Waals surface area (Å²) in [6.45, 7) is 0. The van der Waals surface area contributed by atoms with Gasteiger partial charge in [0.1, 0.15) is 5.75 Å². The van der Waals surface area contributed by atoms with Gasteiger partial charge in [-0.25, -0.2) is 0 Å². The van der Waals surface area contributed by atoms with E-state index in [2.05, 4.69) is 4.98 Å². The largest absolute Gasteiger partial charge is 0.507 e. The molecule has 1 aromatic carbocycles. The van der Waals surface area contributed by atoms with Crippen LogP contribution < -0.4 is 5.73 Å². The van der Waals surface area contributed by atoms with Crippen molar-refractivity contribution < 1.29 is 34.2 Å². The van der Waals surface area contributed by atoms with Crippen LogP contribution in [0.3, 0.4) is 0 Å². The lowest BCUT2D eigenvalue weighted by Gasteiger charge is -2.52. The molecule has 1 heterocycles. The molecule has 10 heteroatoms. The highest BCUT2D eigenvalue weighted by atomic mass is 16.3. The summed E-state index contributed by atoms with van der Waals surface area (Å²) in [5.41, 5.74) is 4.43. The van der Waals surface area contributed by atoms with Crippen LogP contribution in [0, 0.1) is 23.7 Å². The lowest BCUT2D eigenvalue weighted by molar-refractivity contribution is -0.181. The van der Waals surface area contributed by atoms with Crippen LogP contribution in [0.15, 0.2) is 36.5 Å². The number of rotatable bonds is 4. The van der Waals surface area contributed by atoms with Crippen LogP contribution in [0.2, 0.25) is 0 Å². The summed E-state index contributed by atoms with van der Waals surface area (Å²) in [5.74, 6) is -10.6. The number of carbonyl (C=O) groups is 5. The number of pyridine rings is 1. The Morgan fingerprint density at radius 1 is 1.11 bits per heavy atom. The number of phenols is 1. The third-order valence-corrected chi connectivity index (χ3v) is 8.10. The van der Waals surface area contributed by atoms with Crippen LogP contribution in [-0.4, -0.2) is 74.9 Å².